The number of hydrogen-bond donors (Lipinski definition) is 1. The lowest BCUT2D eigenvalue weighted by Gasteiger charge is -2.31. The van der Waals surface area contributed by atoms with Gasteiger partial charge in [-0.2, -0.15) is 0 Å². The first-order chi connectivity index (χ1) is 32.2. The molecule has 0 spiro atoms. The molecule has 6 aromatic rings. The fourth-order valence-electron chi connectivity index (χ4n) is 9.32. The molecule has 3 aliphatic heterocycles. The Hall–Kier alpha value is -7.00. The Morgan fingerprint density at radius 1 is 0.970 bits per heavy atom. The number of amides is 4. The third-order valence-corrected chi connectivity index (χ3v) is 12.9. The van der Waals surface area contributed by atoms with E-state index in [4.69, 9.17) is 37.7 Å². The van der Waals surface area contributed by atoms with Crippen molar-refractivity contribution < 1.29 is 28.7 Å². The van der Waals surface area contributed by atoms with Crippen LogP contribution < -0.4 is 26.2 Å². The SMILES string of the molecule is COc1ncc(C(=O)N2CCC(OCC#Cc3cccc4c3n(C)c(=O)n4[C@H]3CCC(=O)NC3=O)CC2)cc1-c1nc2c(n1C(C)C)[C@H](c1ccc(Cl)cc1)N(c1cc(Cl)cn(C)c1=O)C2=O. The molecule has 3 aliphatic rings. The maximum Gasteiger partial charge on any atom is 0.329 e. The number of likely N-dealkylation sites (tertiary alicyclic amines) is 1. The second-order valence-corrected chi connectivity index (χ2v) is 17.8. The highest BCUT2D eigenvalue weighted by Gasteiger charge is 2.46. The molecule has 4 aromatic heterocycles. The summed E-state index contributed by atoms with van der Waals surface area (Å²) in [6, 6.07) is 13.7. The van der Waals surface area contributed by atoms with Crippen LogP contribution >= 0.6 is 23.2 Å². The van der Waals surface area contributed by atoms with Gasteiger partial charge in [0.15, 0.2) is 5.69 Å². The highest BCUT2D eigenvalue weighted by Crippen LogP contribution is 2.45. The number of imidazole rings is 2. The van der Waals surface area contributed by atoms with Crippen LogP contribution in [0.3, 0.4) is 0 Å². The average Bonchev–Trinajstić information content (AvgIpc) is 3.92. The number of hydrogen-bond acceptors (Lipinski definition) is 10. The third kappa shape index (κ3) is 8.08. The average molecular weight is 947 g/mol. The van der Waals surface area contributed by atoms with Gasteiger partial charge in [-0.3, -0.25) is 43.3 Å². The predicted octanol–water partition coefficient (Wildman–Crippen LogP) is 5.59. The molecule has 0 aliphatic carbocycles. The summed E-state index contributed by atoms with van der Waals surface area (Å²) in [7, 11) is 4.67. The van der Waals surface area contributed by atoms with Crippen LogP contribution in [0.15, 0.2) is 76.6 Å². The van der Waals surface area contributed by atoms with Crippen LogP contribution in [0.25, 0.3) is 22.4 Å². The van der Waals surface area contributed by atoms with Crippen molar-refractivity contribution in [2.45, 2.75) is 63.8 Å². The topological polar surface area (TPSA) is 185 Å². The molecule has 67 heavy (non-hydrogen) atoms. The number of aryl methyl sites for hydroxylation is 2. The van der Waals surface area contributed by atoms with Gasteiger partial charge in [0.1, 0.15) is 30.2 Å². The lowest BCUT2D eigenvalue weighted by molar-refractivity contribution is -0.135. The number of piperidine rings is 2. The van der Waals surface area contributed by atoms with Crippen molar-refractivity contribution in [2.75, 3.05) is 31.7 Å². The Labute approximate surface area is 393 Å². The summed E-state index contributed by atoms with van der Waals surface area (Å²) in [5.41, 5.74) is 3.09. The maximum absolute atomic E-state index is 14.6. The molecule has 2 atom stereocenters. The fourth-order valence-corrected chi connectivity index (χ4v) is 9.69. The Kier molecular flexibility index (Phi) is 12.1. The van der Waals surface area contributed by atoms with Gasteiger partial charge < -0.3 is 23.5 Å². The number of benzene rings is 2. The maximum atomic E-state index is 14.6. The molecule has 4 amide bonds. The minimum Gasteiger partial charge on any atom is -0.480 e. The van der Waals surface area contributed by atoms with Gasteiger partial charge >= 0.3 is 5.69 Å². The van der Waals surface area contributed by atoms with E-state index >= 15 is 0 Å². The number of rotatable bonds is 9. The Morgan fingerprint density at radius 3 is 2.42 bits per heavy atom. The van der Waals surface area contributed by atoms with Gasteiger partial charge in [0.05, 0.1) is 51.7 Å². The number of carbonyl (C=O) groups is 4. The summed E-state index contributed by atoms with van der Waals surface area (Å²) in [4.78, 5) is 92.6. The number of nitrogens with one attached hydrogen (secondary N) is 1. The lowest BCUT2D eigenvalue weighted by atomic mass is 10.0. The van der Waals surface area contributed by atoms with Crippen molar-refractivity contribution in [3.8, 4) is 29.1 Å². The monoisotopic (exact) mass is 945 g/mol. The van der Waals surface area contributed by atoms with Gasteiger partial charge in [0.2, 0.25) is 17.7 Å². The normalized spacial score (nSPS) is 17.5. The first-order valence-corrected chi connectivity index (χ1v) is 22.5. The molecule has 0 radical (unpaired) electrons. The second-order valence-electron chi connectivity index (χ2n) is 17.0. The predicted molar refractivity (Wildman–Crippen MR) is 250 cm³/mol. The lowest BCUT2D eigenvalue weighted by Crippen LogP contribution is -2.44. The van der Waals surface area contributed by atoms with Gasteiger partial charge in [-0.05, 0) is 75.1 Å². The van der Waals surface area contributed by atoms with Gasteiger partial charge in [0.25, 0.3) is 17.4 Å². The number of pyridine rings is 2. The largest absolute Gasteiger partial charge is 0.480 e. The van der Waals surface area contributed by atoms with Crippen LogP contribution in [0.5, 0.6) is 5.88 Å². The van der Waals surface area contributed by atoms with E-state index in [1.165, 1.54) is 44.2 Å². The van der Waals surface area contributed by atoms with Crippen molar-refractivity contribution in [2.24, 2.45) is 14.1 Å². The number of fused-ring (bicyclic) bond motifs is 2. The third-order valence-electron chi connectivity index (χ3n) is 12.5. The van der Waals surface area contributed by atoms with Gasteiger partial charge in [-0.25, -0.2) is 14.8 Å². The first kappa shape index (κ1) is 45.2. The summed E-state index contributed by atoms with van der Waals surface area (Å²) >= 11 is 12.7. The highest BCUT2D eigenvalue weighted by molar-refractivity contribution is 6.31. The van der Waals surface area contributed by atoms with E-state index in [1.807, 2.05) is 18.4 Å². The molecule has 17 nitrogen and oxygen atoms in total. The van der Waals surface area contributed by atoms with Crippen molar-refractivity contribution in [3.63, 3.8) is 0 Å². The van der Waals surface area contributed by atoms with E-state index in [0.717, 1.165) is 0 Å². The van der Waals surface area contributed by atoms with Crippen LogP contribution in [0.4, 0.5) is 5.69 Å². The molecule has 7 heterocycles. The van der Waals surface area contributed by atoms with Crippen molar-refractivity contribution in [1.82, 2.24) is 38.5 Å². The molecule has 9 rings (SSSR count). The molecule has 2 aromatic carbocycles. The number of para-hydroxylation sites is 1. The number of aromatic nitrogens is 6. The Morgan fingerprint density at radius 2 is 1.72 bits per heavy atom. The van der Waals surface area contributed by atoms with Crippen molar-refractivity contribution >= 4 is 63.6 Å². The highest BCUT2D eigenvalue weighted by atomic mass is 35.5. The van der Waals surface area contributed by atoms with Crippen LogP contribution in [-0.2, 0) is 28.4 Å². The summed E-state index contributed by atoms with van der Waals surface area (Å²) in [5, 5.41) is 3.10. The molecular formula is C48H45Cl2N9O8. The number of halogens is 2. The quantitative estimate of drug-likeness (QED) is 0.142. The summed E-state index contributed by atoms with van der Waals surface area (Å²) in [6.07, 6.45) is 4.29. The molecule has 0 bridgehead atoms. The number of ether oxygens (including phenoxy) is 2. The van der Waals surface area contributed by atoms with Crippen molar-refractivity contribution in [3.05, 3.63) is 126 Å². The molecule has 2 fully saturated rings. The summed E-state index contributed by atoms with van der Waals surface area (Å²) in [6.45, 7) is 4.85. The van der Waals surface area contributed by atoms with Crippen molar-refractivity contribution in [1.29, 1.82) is 0 Å². The Balaban J connectivity index is 0.933. The number of imide groups is 1. The summed E-state index contributed by atoms with van der Waals surface area (Å²) in [5.74, 6) is 5.15. The Bertz CT molecular complexity index is 3210. The molecule has 344 valence electrons. The molecule has 0 saturated carbocycles. The van der Waals surface area contributed by atoms with E-state index in [1.54, 1.807) is 67.5 Å². The van der Waals surface area contributed by atoms with Crippen LogP contribution in [0.2, 0.25) is 10.0 Å². The fraction of sp³-hybridized carbons (Fsp3) is 0.333. The minimum absolute atomic E-state index is 0.0900. The molecule has 0 unspecified atom stereocenters. The van der Waals surface area contributed by atoms with E-state index in [0.29, 0.717) is 75.8 Å². The van der Waals surface area contributed by atoms with Gasteiger partial charge in [-0.15, -0.1) is 0 Å². The van der Waals surface area contributed by atoms with E-state index in [9.17, 15) is 28.8 Å². The van der Waals surface area contributed by atoms with Gasteiger partial charge in [-0.1, -0.05) is 53.2 Å². The second kappa shape index (κ2) is 18.0. The van der Waals surface area contributed by atoms with Crippen LogP contribution in [-0.4, -0.2) is 89.7 Å². The molecular weight excluding hydrogens is 901 g/mol. The van der Waals surface area contributed by atoms with Crippen LogP contribution in [0, 0.1) is 11.8 Å². The number of anilines is 1. The standard InChI is InChI=1S/C48H45Cl2N9O8/c1-26(2)57-41-38(47(64)59(36-23-31(50)25-54(3)46(36)63)40(41)28-11-13-30(49)14-12-28)53-42(57)33-22-29(24-51-44(33)66-5)45(62)56-19-17-32(18-20-56)67-21-7-9-27-8-6-10-34-39(27)55(4)48(65)58(34)35-15-16-37(60)52-43(35)61/h6,8,10-14,22-26,32,35,40H,15-21H2,1-5H3,(H,52,60,61)/t35-,40-/m0/s1. The first-order valence-electron chi connectivity index (χ1n) is 21.7. The van der Waals surface area contributed by atoms with E-state index in [-0.39, 0.29) is 71.4 Å². The zero-order chi connectivity index (χ0) is 47.4. The smallest absolute Gasteiger partial charge is 0.329 e. The summed E-state index contributed by atoms with van der Waals surface area (Å²) < 4.78 is 18.0. The zero-order valence-electron chi connectivity index (χ0n) is 37.2. The van der Waals surface area contributed by atoms with Gasteiger partial charge in [0, 0.05) is 57.1 Å². The zero-order valence-corrected chi connectivity index (χ0v) is 38.7. The molecule has 2 saturated heterocycles. The van der Waals surface area contributed by atoms with Crippen LogP contribution in [0.1, 0.15) is 95.3 Å². The number of nitrogens with zero attached hydrogens (tertiary/aromatic N) is 8. The number of methoxy groups -OCH3 is 1. The van der Waals surface area contributed by atoms with E-state index in [2.05, 4.69) is 22.1 Å². The minimum atomic E-state index is -0.800. The molecule has 19 heteroatoms. The number of carbonyl (C=O) groups excluding carboxylic acids is 4. The molecule has 1 N–H and O–H groups in total. The van der Waals surface area contributed by atoms with E-state index < -0.39 is 29.5 Å².